The Morgan fingerprint density at radius 3 is 2.71 bits per heavy atom. The lowest BCUT2D eigenvalue weighted by Gasteiger charge is -2.24. The standard InChI is InChI=1S/C11H20O2Si/c1-4-5-9-14(2,3)13-11-8-6-7-10(11)12/h8H,4-7,9H2,1-3H3. The van der Waals surface area contributed by atoms with Crippen LogP contribution in [0.1, 0.15) is 32.6 Å². The van der Waals surface area contributed by atoms with Gasteiger partial charge in [0.25, 0.3) is 0 Å². The van der Waals surface area contributed by atoms with E-state index in [1.807, 2.05) is 6.08 Å². The lowest BCUT2D eigenvalue weighted by Crippen LogP contribution is -2.30. The van der Waals surface area contributed by atoms with E-state index in [0.717, 1.165) is 12.5 Å². The molecule has 0 atom stereocenters. The summed E-state index contributed by atoms with van der Waals surface area (Å²) in [7, 11) is -1.62. The molecule has 1 aliphatic rings. The minimum Gasteiger partial charge on any atom is -0.542 e. The largest absolute Gasteiger partial charge is 0.542 e. The van der Waals surface area contributed by atoms with Crippen LogP contribution in [0.4, 0.5) is 0 Å². The Morgan fingerprint density at radius 1 is 1.50 bits per heavy atom. The van der Waals surface area contributed by atoms with Crippen molar-refractivity contribution in [2.24, 2.45) is 0 Å². The Morgan fingerprint density at radius 2 is 2.21 bits per heavy atom. The highest BCUT2D eigenvalue weighted by molar-refractivity contribution is 6.71. The van der Waals surface area contributed by atoms with E-state index in [9.17, 15) is 4.79 Å². The maximum atomic E-state index is 11.4. The lowest BCUT2D eigenvalue weighted by atomic mass is 10.3. The van der Waals surface area contributed by atoms with Crippen LogP contribution in [0, 0.1) is 0 Å². The van der Waals surface area contributed by atoms with Crippen molar-refractivity contribution >= 4 is 14.1 Å². The van der Waals surface area contributed by atoms with Gasteiger partial charge < -0.3 is 4.43 Å². The van der Waals surface area contributed by atoms with E-state index in [4.69, 9.17) is 4.43 Å². The van der Waals surface area contributed by atoms with Crippen LogP contribution in [0.25, 0.3) is 0 Å². The molecule has 3 heteroatoms. The summed E-state index contributed by atoms with van der Waals surface area (Å²) in [4.78, 5) is 11.4. The number of allylic oxidation sites excluding steroid dienone is 2. The molecule has 0 aromatic rings. The second-order valence-corrected chi connectivity index (χ2v) is 8.72. The van der Waals surface area contributed by atoms with Gasteiger partial charge in [0.1, 0.15) is 5.76 Å². The monoisotopic (exact) mass is 212 g/mol. The van der Waals surface area contributed by atoms with E-state index in [-0.39, 0.29) is 5.78 Å². The van der Waals surface area contributed by atoms with Crippen LogP contribution < -0.4 is 0 Å². The van der Waals surface area contributed by atoms with Crippen molar-refractivity contribution in [1.29, 1.82) is 0 Å². The van der Waals surface area contributed by atoms with Crippen molar-refractivity contribution in [2.45, 2.75) is 51.7 Å². The molecule has 0 aromatic carbocycles. The molecule has 0 N–H and O–H groups in total. The number of carbonyl (C=O) groups excluding carboxylic acids is 1. The van der Waals surface area contributed by atoms with Gasteiger partial charge in [0.2, 0.25) is 8.32 Å². The molecule has 0 saturated carbocycles. The predicted molar refractivity (Wildman–Crippen MR) is 60.6 cm³/mol. The highest BCUT2D eigenvalue weighted by atomic mass is 28.4. The molecule has 0 saturated heterocycles. The number of Topliss-reactive ketones (excluding diaryl/α,β-unsaturated/α-hetero) is 1. The summed E-state index contributed by atoms with van der Waals surface area (Å²) in [6.07, 6.45) is 5.87. The van der Waals surface area contributed by atoms with Crippen molar-refractivity contribution in [3.63, 3.8) is 0 Å². The zero-order valence-electron chi connectivity index (χ0n) is 9.43. The highest BCUT2D eigenvalue weighted by Gasteiger charge is 2.28. The van der Waals surface area contributed by atoms with Crippen molar-refractivity contribution in [1.82, 2.24) is 0 Å². The third kappa shape index (κ3) is 3.29. The van der Waals surface area contributed by atoms with Crippen molar-refractivity contribution in [3.05, 3.63) is 11.8 Å². The third-order valence-electron chi connectivity index (χ3n) is 2.49. The third-order valence-corrected chi connectivity index (χ3v) is 4.82. The maximum Gasteiger partial charge on any atom is 0.245 e. The Kier molecular flexibility index (Phi) is 3.93. The van der Waals surface area contributed by atoms with Gasteiger partial charge in [0.15, 0.2) is 5.78 Å². The van der Waals surface area contributed by atoms with Crippen molar-refractivity contribution < 1.29 is 9.22 Å². The lowest BCUT2D eigenvalue weighted by molar-refractivity contribution is -0.116. The molecule has 0 aliphatic heterocycles. The van der Waals surface area contributed by atoms with E-state index in [1.54, 1.807) is 0 Å². The molecular formula is C11H20O2Si. The topological polar surface area (TPSA) is 26.3 Å². The zero-order valence-corrected chi connectivity index (χ0v) is 10.4. The van der Waals surface area contributed by atoms with E-state index < -0.39 is 8.32 Å². The number of unbranched alkanes of at least 4 members (excludes halogenated alkanes) is 1. The van der Waals surface area contributed by atoms with Crippen LogP contribution in [-0.4, -0.2) is 14.1 Å². The van der Waals surface area contributed by atoms with Gasteiger partial charge in [-0.2, -0.15) is 0 Å². The van der Waals surface area contributed by atoms with Crippen LogP contribution in [0.3, 0.4) is 0 Å². The first-order chi connectivity index (χ1) is 6.55. The fourth-order valence-corrected chi connectivity index (χ4v) is 3.72. The van der Waals surface area contributed by atoms with Crippen LogP contribution in [-0.2, 0) is 9.22 Å². The Labute approximate surface area is 87.5 Å². The molecule has 0 amide bonds. The van der Waals surface area contributed by atoms with Crippen LogP contribution >= 0.6 is 0 Å². The Bertz CT molecular complexity index is 244. The summed E-state index contributed by atoms with van der Waals surface area (Å²) in [5.41, 5.74) is 0. The fraction of sp³-hybridized carbons (Fsp3) is 0.727. The van der Waals surface area contributed by atoms with E-state index in [0.29, 0.717) is 12.2 Å². The smallest absolute Gasteiger partial charge is 0.245 e. The Hall–Kier alpha value is -0.573. The maximum absolute atomic E-state index is 11.4. The van der Waals surface area contributed by atoms with E-state index in [2.05, 4.69) is 20.0 Å². The highest BCUT2D eigenvalue weighted by Crippen LogP contribution is 2.23. The van der Waals surface area contributed by atoms with Gasteiger partial charge in [-0.15, -0.1) is 0 Å². The van der Waals surface area contributed by atoms with Gasteiger partial charge in [-0.25, -0.2) is 0 Å². The first kappa shape index (κ1) is 11.5. The molecular weight excluding hydrogens is 192 g/mol. The molecule has 1 rings (SSSR count). The van der Waals surface area contributed by atoms with Gasteiger partial charge in [0, 0.05) is 6.42 Å². The number of hydrogen-bond donors (Lipinski definition) is 0. The molecule has 1 aliphatic carbocycles. The number of ketones is 1. The summed E-state index contributed by atoms with van der Waals surface area (Å²) in [6.45, 7) is 6.56. The molecule has 0 fully saturated rings. The minimum absolute atomic E-state index is 0.196. The molecule has 14 heavy (non-hydrogen) atoms. The summed E-state index contributed by atoms with van der Waals surface area (Å²) in [5.74, 6) is 0.847. The average molecular weight is 212 g/mol. The number of rotatable bonds is 5. The Balaban J connectivity index is 2.45. The molecule has 0 unspecified atom stereocenters. The summed E-state index contributed by atoms with van der Waals surface area (Å²) >= 11 is 0. The number of carbonyl (C=O) groups is 1. The summed E-state index contributed by atoms with van der Waals surface area (Å²) < 4.78 is 5.86. The number of hydrogen-bond acceptors (Lipinski definition) is 2. The van der Waals surface area contributed by atoms with Crippen molar-refractivity contribution in [3.8, 4) is 0 Å². The van der Waals surface area contributed by atoms with Gasteiger partial charge in [-0.3, -0.25) is 4.79 Å². The molecule has 80 valence electrons. The molecule has 0 radical (unpaired) electrons. The van der Waals surface area contributed by atoms with Crippen molar-refractivity contribution in [2.75, 3.05) is 0 Å². The summed E-state index contributed by atoms with van der Waals surface area (Å²) in [6, 6.07) is 1.15. The van der Waals surface area contributed by atoms with Crippen LogP contribution in [0.5, 0.6) is 0 Å². The average Bonchev–Trinajstić information content (AvgIpc) is 2.48. The van der Waals surface area contributed by atoms with Gasteiger partial charge >= 0.3 is 0 Å². The van der Waals surface area contributed by atoms with E-state index in [1.165, 1.54) is 12.8 Å². The van der Waals surface area contributed by atoms with Gasteiger partial charge in [-0.05, 0) is 31.6 Å². The second-order valence-electron chi connectivity index (χ2n) is 4.50. The molecule has 0 spiro atoms. The molecule has 0 aromatic heterocycles. The normalized spacial score (nSPS) is 17.1. The molecule has 0 heterocycles. The first-order valence-electron chi connectivity index (χ1n) is 5.47. The van der Waals surface area contributed by atoms with E-state index >= 15 is 0 Å². The first-order valence-corrected chi connectivity index (χ1v) is 8.59. The summed E-state index contributed by atoms with van der Waals surface area (Å²) in [5, 5.41) is 0. The SMILES string of the molecule is CCCC[Si](C)(C)OC1=CCCC1=O. The minimum atomic E-state index is -1.62. The molecule has 2 nitrogen and oxygen atoms in total. The van der Waals surface area contributed by atoms with Gasteiger partial charge in [-0.1, -0.05) is 19.8 Å². The van der Waals surface area contributed by atoms with Crippen LogP contribution in [0.15, 0.2) is 11.8 Å². The second kappa shape index (κ2) is 4.78. The molecule has 0 bridgehead atoms. The van der Waals surface area contributed by atoms with Crippen LogP contribution in [0.2, 0.25) is 19.1 Å². The predicted octanol–water partition coefficient (Wildman–Crippen LogP) is 3.26. The quantitative estimate of drug-likeness (QED) is 0.654. The zero-order chi connectivity index (χ0) is 10.6. The fourth-order valence-electron chi connectivity index (χ4n) is 1.62. The van der Waals surface area contributed by atoms with Gasteiger partial charge in [0.05, 0.1) is 0 Å².